The lowest BCUT2D eigenvalue weighted by molar-refractivity contribution is 0.175. The van der Waals surface area contributed by atoms with Crippen molar-refractivity contribution in [2.45, 2.75) is 25.2 Å². The van der Waals surface area contributed by atoms with Gasteiger partial charge < -0.3 is 15.6 Å². The Kier molecular flexibility index (Phi) is 5.84. The van der Waals surface area contributed by atoms with Gasteiger partial charge in [-0.15, -0.1) is 0 Å². The molecule has 1 atom stereocenters. The highest BCUT2D eigenvalue weighted by Crippen LogP contribution is 2.53. The maximum absolute atomic E-state index is 7.00. The Bertz CT molecular complexity index is 634. The third kappa shape index (κ3) is 3.03. The Morgan fingerprint density at radius 1 is 1.09 bits per heavy atom. The fourth-order valence-electron chi connectivity index (χ4n) is 3.59. The number of fused-ring (bicyclic) bond motifs is 3. The zero-order chi connectivity index (χ0) is 17.0. The van der Waals surface area contributed by atoms with Crippen LogP contribution in [0.3, 0.4) is 0 Å². The van der Waals surface area contributed by atoms with Crippen LogP contribution in [0.5, 0.6) is 0 Å². The van der Waals surface area contributed by atoms with Crippen LogP contribution in [0.1, 0.15) is 30.9 Å². The van der Waals surface area contributed by atoms with Crippen molar-refractivity contribution in [3.63, 3.8) is 0 Å². The van der Waals surface area contributed by atoms with Crippen molar-refractivity contribution in [3.8, 4) is 11.1 Å². The van der Waals surface area contributed by atoms with Gasteiger partial charge in [0.05, 0.1) is 0 Å². The van der Waals surface area contributed by atoms with E-state index in [2.05, 4.69) is 53.2 Å². The molecule has 2 aromatic rings. The van der Waals surface area contributed by atoms with E-state index in [0.29, 0.717) is 0 Å². The summed E-state index contributed by atoms with van der Waals surface area (Å²) in [5.41, 5.74) is 12.3. The first-order chi connectivity index (χ1) is 11.1. The number of rotatable bonds is 4. The topological polar surface area (TPSA) is 55.5 Å². The molecule has 0 aliphatic heterocycles. The number of aliphatic hydroxyl groups is 1. The fourth-order valence-corrected chi connectivity index (χ4v) is 3.95. The number of ether oxygens (including phenoxy) is 1. The van der Waals surface area contributed by atoms with Gasteiger partial charge in [-0.25, -0.2) is 0 Å². The van der Waals surface area contributed by atoms with E-state index in [-0.39, 0.29) is 5.41 Å². The van der Waals surface area contributed by atoms with Crippen molar-refractivity contribution in [2.24, 2.45) is 0 Å². The predicted molar refractivity (Wildman–Crippen MR) is 99.7 cm³/mol. The Balaban J connectivity index is 0.000000924. The molecule has 4 heteroatoms. The minimum atomic E-state index is -0.000162. The summed E-state index contributed by atoms with van der Waals surface area (Å²) in [6.07, 6.45) is 2.01. The van der Waals surface area contributed by atoms with E-state index in [9.17, 15) is 0 Å². The molecule has 3 rings (SSSR count). The van der Waals surface area contributed by atoms with E-state index in [1.165, 1.54) is 22.3 Å². The lowest BCUT2D eigenvalue weighted by Crippen LogP contribution is -2.26. The summed E-state index contributed by atoms with van der Waals surface area (Å²) in [5, 5.41) is 7.00. The molecule has 2 aromatic carbocycles. The Labute approximate surface area is 146 Å². The van der Waals surface area contributed by atoms with Gasteiger partial charge in [-0.3, -0.25) is 0 Å². The van der Waals surface area contributed by atoms with Gasteiger partial charge >= 0.3 is 0 Å². The minimum absolute atomic E-state index is 0.000162. The SMILES string of the molecule is CCC1(CCOC)c2cc(N)ccc2-c2ccc(Br)cc21.CO. The normalized spacial score (nSPS) is 18.0. The van der Waals surface area contributed by atoms with E-state index < -0.39 is 0 Å². The van der Waals surface area contributed by atoms with E-state index >= 15 is 0 Å². The number of anilines is 1. The molecule has 1 aliphatic carbocycles. The van der Waals surface area contributed by atoms with Gasteiger partial charge in [0.2, 0.25) is 0 Å². The Morgan fingerprint density at radius 3 is 2.30 bits per heavy atom. The molecule has 0 spiro atoms. The first kappa shape index (κ1) is 18.0. The molecule has 1 unspecified atom stereocenters. The lowest BCUT2D eigenvalue weighted by atomic mass is 9.73. The van der Waals surface area contributed by atoms with Crippen molar-refractivity contribution < 1.29 is 9.84 Å². The smallest absolute Gasteiger partial charge is 0.0474 e. The maximum Gasteiger partial charge on any atom is 0.0474 e. The van der Waals surface area contributed by atoms with Crippen LogP contribution in [0.4, 0.5) is 5.69 Å². The summed E-state index contributed by atoms with van der Waals surface area (Å²) in [6, 6.07) is 12.9. The molecule has 3 nitrogen and oxygen atoms in total. The third-order valence-corrected chi connectivity index (χ3v) is 5.18. The maximum atomic E-state index is 7.00. The van der Waals surface area contributed by atoms with Gasteiger partial charge in [0.25, 0.3) is 0 Å². The van der Waals surface area contributed by atoms with Crippen LogP contribution in [-0.2, 0) is 10.2 Å². The molecule has 0 radical (unpaired) electrons. The minimum Gasteiger partial charge on any atom is -0.400 e. The summed E-state index contributed by atoms with van der Waals surface area (Å²) < 4.78 is 6.50. The van der Waals surface area contributed by atoms with Crippen LogP contribution in [-0.4, -0.2) is 25.9 Å². The van der Waals surface area contributed by atoms with E-state index in [1.54, 1.807) is 7.11 Å². The second-order valence-electron chi connectivity index (χ2n) is 5.67. The second kappa shape index (κ2) is 7.47. The third-order valence-electron chi connectivity index (χ3n) is 4.68. The Hall–Kier alpha value is -1.36. The zero-order valence-electron chi connectivity index (χ0n) is 13.9. The van der Waals surface area contributed by atoms with Gasteiger partial charge in [-0.05, 0) is 59.4 Å². The molecule has 0 heterocycles. The summed E-state index contributed by atoms with van der Waals surface area (Å²) in [7, 11) is 2.76. The van der Waals surface area contributed by atoms with Gasteiger partial charge in [0.1, 0.15) is 0 Å². The molecule has 0 saturated carbocycles. The molecule has 0 bridgehead atoms. The number of nitrogens with two attached hydrogens (primary N) is 1. The van der Waals surface area contributed by atoms with E-state index in [4.69, 9.17) is 15.6 Å². The highest BCUT2D eigenvalue weighted by atomic mass is 79.9. The van der Waals surface area contributed by atoms with Gasteiger partial charge in [-0.2, -0.15) is 0 Å². The largest absolute Gasteiger partial charge is 0.400 e. The van der Waals surface area contributed by atoms with Crippen LogP contribution in [0.15, 0.2) is 40.9 Å². The van der Waals surface area contributed by atoms with Gasteiger partial charge in [0, 0.05) is 36.4 Å². The molecule has 0 aromatic heterocycles. The number of halogens is 1. The highest BCUT2D eigenvalue weighted by Gasteiger charge is 2.41. The first-order valence-corrected chi connectivity index (χ1v) is 8.56. The zero-order valence-corrected chi connectivity index (χ0v) is 15.5. The van der Waals surface area contributed by atoms with Crippen molar-refractivity contribution in [3.05, 3.63) is 52.0 Å². The molecule has 0 amide bonds. The molecular weight excluding hydrogens is 354 g/mol. The van der Waals surface area contributed by atoms with Crippen LogP contribution >= 0.6 is 15.9 Å². The molecule has 23 heavy (non-hydrogen) atoms. The molecular formula is C19H24BrNO2. The summed E-state index contributed by atoms with van der Waals surface area (Å²) in [4.78, 5) is 0. The fraction of sp³-hybridized carbons (Fsp3) is 0.368. The Morgan fingerprint density at radius 2 is 1.70 bits per heavy atom. The quantitative estimate of drug-likeness (QED) is 0.778. The van der Waals surface area contributed by atoms with Crippen molar-refractivity contribution in [2.75, 3.05) is 26.6 Å². The predicted octanol–water partition coefficient (Wildman–Crippen LogP) is 4.35. The van der Waals surface area contributed by atoms with Crippen LogP contribution in [0, 0.1) is 0 Å². The molecule has 3 N–H and O–H groups in total. The molecule has 124 valence electrons. The summed E-state index contributed by atoms with van der Waals surface area (Å²) in [5.74, 6) is 0. The standard InChI is InChI=1S/C18H20BrNO.CH4O/c1-3-18(8-9-21-2)16-10-12(19)4-6-14(16)15-7-5-13(20)11-17(15)18;1-2/h4-7,10-11H,3,8-9,20H2,1-2H3;2H,1H3. The number of hydrogen-bond donors (Lipinski definition) is 2. The number of aliphatic hydroxyl groups excluding tert-OH is 1. The number of nitrogen functional groups attached to an aromatic ring is 1. The number of benzene rings is 2. The van der Waals surface area contributed by atoms with Crippen molar-refractivity contribution in [1.29, 1.82) is 0 Å². The molecule has 1 aliphatic rings. The van der Waals surface area contributed by atoms with E-state index in [1.807, 2.05) is 6.07 Å². The average molecular weight is 378 g/mol. The second-order valence-corrected chi connectivity index (χ2v) is 6.59. The summed E-state index contributed by atoms with van der Waals surface area (Å²) in [6.45, 7) is 2.99. The van der Waals surface area contributed by atoms with Gasteiger partial charge in [0.15, 0.2) is 0 Å². The van der Waals surface area contributed by atoms with Crippen molar-refractivity contribution >= 4 is 21.6 Å². The molecule has 0 fully saturated rings. The van der Waals surface area contributed by atoms with Gasteiger partial charge in [-0.1, -0.05) is 35.0 Å². The van der Waals surface area contributed by atoms with E-state index in [0.717, 1.165) is 36.7 Å². The average Bonchev–Trinajstić information content (AvgIpc) is 2.84. The number of hydrogen-bond acceptors (Lipinski definition) is 3. The van der Waals surface area contributed by atoms with Crippen LogP contribution in [0.2, 0.25) is 0 Å². The summed E-state index contributed by atoms with van der Waals surface area (Å²) >= 11 is 3.62. The van der Waals surface area contributed by atoms with Crippen LogP contribution in [0.25, 0.3) is 11.1 Å². The monoisotopic (exact) mass is 377 g/mol. The first-order valence-electron chi connectivity index (χ1n) is 7.76. The van der Waals surface area contributed by atoms with Crippen molar-refractivity contribution in [1.82, 2.24) is 0 Å². The highest BCUT2D eigenvalue weighted by molar-refractivity contribution is 9.10. The lowest BCUT2D eigenvalue weighted by Gasteiger charge is -2.31. The van der Waals surface area contributed by atoms with Crippen LogP contribution < -0.4 is 5.73 Å². The number of methoxy groups -OCH3 is 1. The molecule has 0 saturated heterocycles.